The van der Waals surface area contributed by atoms with Gasteiger partial charge in [0.15, 0.2) is 0 Å². The first kappa shape index (κ1) is 15.5. The van der Waals surface area contributed by atoms with Crippen LogP contribution in [0.2, 0.25) is 0 Å². The topological polar surface area (TPSA) is 62.3 Å². The van der Waals surface area contributed by atoms with Gasteiger partial charge in [0.25, 0.3) is 0 Å². The van der Waals surface area contributed by atoms with Crippen LogP contribution in [0, 0.1) is 0 Å². The maximum atomic E-state index is 6.50. The van der Waals surface area contributed by atoms with Gasteiger partial charge in [-0.15, -0.1) is 0 Å². The molecule has 1 aliphatic heterocycles. The van der Waals surface area contributed by atoms with E-state index < -0.39 is 0 Å². The second-order valence-electron chi connectivity index (χ2n) is 5.52. The predicted molar refractivity (Wildman–Crippen MR) is 78.7 cm³/mol. The number of aryl methyl sites for hydroxylation is 2. The normalized spacial score (nSPS) is 20.0. The monoisotopic (exact) mass is 281 g/mol. The highest BCUT2D eigenvalue weighted by Crippen LogP contribution is 2.29. The quantitative estimate of drug-likeness (QED) is 0.857. The molecule has 5 nitrogen and oxygen atoms in total. The molecule has 1 saturated heterocycles. The largest absolute Gasteiger partial charge is 0.381 e. The summed E-state index contributed by atoms with van der Waals surface area (Å²) in [5.41, 5.74) is 8.55. The van der Waals surface area contributed by atoms with Crippen LogP contribution in [0.3, 0.4) is 0 Å². The Hall–Kier alpha value is -0.910. The van der Waals surface area contributed by atoms with Gasteiger partial charge in [-0.1, -0.05) is 6.92 Å². The SMILES string of the molecule is CCOC1(C(N)Cc2cc(CC)nn2C)CCOCC1. The van der Waals surface area contributed by atoms with Crippen LogP contribution in [0.25, 0.3) is 0 Å². The summed E-state index contributed by atoms with van der Waals surface area (Å²) in [6.45, 7) is 6.31. The van der Waals surface area contributed by atoms with Crippen LogP contribution in [0.5, 0.6) is 0 Å². The summed E-state index contributed by atoms with van der Waals surface area (Å²) >= 11 is 0. The van der Waals surface area contributed by atoms with Gasteiger partial charge in [-0.05, 0) is 19.4 Å². The van der Waals surface area contributed by atoms with E-state index in [9.17, 15) is 0 Å². The molecule has 20 heavy (non-hydrogen) atoms. The zero-order chi connectivity index (χ0) is 14.6. The van der Waals surface area contributed by atoms with Crippen LogP contribution in [0.4, 0.5) is 0 Å². The van der Waals surface area contributed by atoms with E-state index >= 15 is 0 Å². The van der Waals surface area contributed by atoms with Crippen molar-refractivity contribution in [1.29, 1.82) is 0 Å². The highest BCUT2D eigenvalue weighted by molar-refractivity contribution is 5.13. The maximum absolute atomic E-state index is 6.50. The Balaban J connectivity index is 2.11. The fraction of sp³-hybridized carbons (Fsp3) is 0.800. The molecule has 0 bridgehead atoms. The molecule has 5 heteroatoms. The van der Waals surface area contributed by atoms with E-state index in [-0.39, 0.29) is 11.6 Å². The van der Waals surface area contributed by atoms with E-state index in [1.54, 1.807) is 0 Å². The van der Waals surface area contributed by atoms with Crippen LogP contribution in [-0.2, 0) is 29.4 Å². The Bertz CT molecular complexity index is 419. The average molecular weight is 281 g/mol. The van der Waals surface area contributed by atoms with Crippen molar-refractivity contribution in [3.63, 3.8) is 0 Å². The zero-order valence-electron chi connectivity index (χ0n) is 12.9. The van der Waals surface area contributed by atoms with Crippen LogP contribution in [0.1, 0.15) is 38.1 Å². The molecule has 0 saturated carbocycles. The molecule has 1 aromatic rings. The number of hydrogen-bond acceptors (Lipinski definition) is 4. The lowest BCUT2D eigenvalue weighted by Gasteiger charge is -2.41. The molecule has 0 aromatic carbocycles. The summed E-state index contributed by atoms with van der Waals surface area (Å²) in [5, 5.41) is 4.49. The Labute approximate surface area is 121 Å². The highest BCUT2D eigenvalue weighted by atomic mass is 16.5. The summed E-state index contributed by atoms with van der Waals surface area (Å²) in [7, 11) is 1.98. The first-order valence-electron chi connectivity index (χ1n) is 7.60. The van der Waals surface area contributed by atoms with Crippen LogP contribution in [0.15, 0.2) is 6.07 Å². The van der Waals surface area contributed by atoms with Gasteiger partial charge in [-0.25, -0.2) is 0 Å². The Kier molecular flexibility index (Phi) is 5.18. The van der Waals surface area contributed by atoms with Crippen LogP contribution in [-0.4, -0.2) is 41.2 Å². The Morgan fingerprint density at radius 2 is 2.15 bits per heavy atom. The summed E-state index contributed by atoms with van der Waals surface area (Å²) in [4.78, 5) is 0. The molecule has 0 aliphatic carbocycles. The van der Waals surface area contributed by atoms with Gasteiger partial charge in [0.1, 0.15) is 0 Å². The van der Waals surface area contributed by atoms with Gasteiger partial charge >= 0.3 is 0 Å². The van der Waals surface area contributed by atoms with Crippen molar-refractivity contribution < 1.29 is 9.47 Å². The molecule has 1 atom stereocenters. The summed E-state index contributed by atoms with van der Waals surface area (Å²) in [6, 6.07) is 2.13. The van der Waals surface area contributed by atoms with Crippen molar-refractivity contribution in [1.82, 2.24) is 9.78 Å². The van der Waals surface area contributed by atoms with E-state index in [2.05, 4.69) is 18.1 Å². The van der Waals surface area contributed by atoms with Crippen molar-refractivity contribution in [2.75, 3.05) is 19.8 Å². The Morgan fingerprint density at radius 1 is 1.45 bits per heavy atom. The third-order valence-corrected chi connectivity index (χ3v) is 4.27. The third-order valence-electron chi connectivity index (χ3n) is 4.27. The number of ether oxygens (including phenoxy) is 2. The fourth-order valence-electron chi connectivity index (χ4n) is 2.97. The van der Waals surface area contributed by atoms with Crippen LogP contribution < -0.4 is 5.73 Å². The minimum Gasteiger partial charge on any atom is -0.381 e. The predicted octanol–water partition coefficient (Wildman–Crippen LogP) is 1.44. The minimum atomic E-state index is -0.246. The molecule has 0 spiro atoms. The van der Waals surface area contributed by atoms with E-state index in [0.717, 1.165) is 44.6 Å². The maximum Gasteiger partial charge on any atom is 0.0880 e. The number of rotatable bonds is 6. The first-order chi connectivity index (χ1) is 9.61. The second-order valence-corrected chi connectivity index (χ2v) is 5.52. The zero-order valence-corrected chi connectivity index (χ0v) is 12.9. The van der Waals surface area contributed by atoms with Gasteiger partial charge in [-0.3, -0.25) is 4.68 Å². The molecule has 114 valence electrons. The molecule has 2 heterocycles. The standard InChI is InChI=1S/C15H27N3O2/c1-4-12-10-13(18(3)17-12)11-14(16)15(20-5-2)6-8-19-9-7-15/h10,14H,4-9,11,16H2,1-3H3. The fourth-order valence-corrected chi connectivity index (χ4v) is 2.97. The average Bonchev–Trinajstić information content (AvgIpc) is 2.81. The van der Waals surface area contributed by atoms with Gasteiger partial charge in [0.2, 0.25) is 0 Å². The van der Waals surface area contributed by atoms with Crippen molar-refractivity contribution in [2.24, 2.45) is 12.8 Å². The molecular formula is C15H27N3O2. The number of nitrogens with two attached hydrogens (primary N) is 1. The molecular weight excluding hydrogens is 254 g/mol. The van der Waals surface area contributed by atoms with Gasteiger partial charge in [0.05, 0.1) is 11.3 Å². The first-order valence-corrected chi connectivity index (χ1v) is 7.60. The minimum absolute atomic E-state index is 0.0218. The molecule has 2 N–H and O–H groups in total. The van der Waals surface area contributed by atoms with E-state index in [0.29, 0.717) is 6.61 Å². The second kappa shape index (κ2) is 6.70. The van der Waals surface area contributed by atoms with Crippen molar-refractivity contribution in [2.45, 2.75) is 51.2 Å². The summed E-state index contributed by atoms with van der Waals surface area (Å²) < 4.78 is 13.4. The van der Waals surface area contributed by atoms with Crippen molar-refractivity contribution in [3.05, 3.63) is 17.5 Å². The molecule has 1 aliphatic rings. The van der Waals surface area contributed by atoms with Crippen molar-refractivity contribution >= 4 is 0 Å². The van der Waals surface area contributed by atoms with E-state index in [1.807, 2.05) is 18.7 Å². The highest BCUT2D eigenvalue weighted by Gasteiger charge is 2.39. The molecule has 0 amide bonds. The molecule has 1 fully saturated rings. The van der Waals surface area contributed by atoms with Crippen molar-refractivity contribution in [3.8, 4) is 0 Å². The number of nitrogens with zero attached hydrogens (tertiary/aromatic N) is 2. The number of hydrogen-bond donors (Lipinski definition) is 1. The third kappa shape index (κ3) is 3.22. The van der Waals surface area contributed by atoms with E-state index in [4.69, 9.17) is 15.2 Å². The molecule has 1 unspecified atom stereocenters. The summed E-state index contributed by atoms with van der Waals surface area (Å²) in [5.74, 6) is 0. The molecule has 1 aromatic heterocycles. The van der Waals surface area contributed by atoms with E-state index in [1.165, 1.54) is 5.69 Å². The van der Waals surface area contributed by atoms with Gasteiger partial charge in [-0.2, -0.15) is 5.10 Å². The Morgan fingerprint density at radius 3 is 2.70 bits per heavy atom. The molecule has 2 rings (SSSR count). The smallest absolute Gasteiger partial charge is 0.0880 e. The lowest BCUT2D eigenvalue weighted by atomic mass is 9.84. The van der Waals surface area contributed by atoms with Gasteiger partial charge < -0.3 is 15.2 Å². The van der Waals surface area contributed by atoms with Crippen LogP contribution >= 0.6 is 0 Å². The lowest BCUT2D eigenvalue weighted by Crippen LogP contribution is -2.54. The lowest BCUT2D eigenvalue weighted by molar-refractivity contribution is -0.120. The molecule has 0 radical (unpaired) electrons. The summed E-state index contributed by atoms with van der Waals surface area (Å²) in [6.07, 6.45) is 3.50. The number of aromatic nitrogens is 2. The van der Waals surface area contributed by atoms with Gasteiger partial charge in [0, 0.05) is 57.9 Å².